The van der Waals surface area contributed by atoms with E-state index in [0.717, 1.165) is 5.56 Å². The number of ether oxygens (including phenoxy) is 1. The van der Waals surface area contributed by atoms with Gasteiger partial charge in [-0.2, -0.15) is 0 Å². The lowest BCUT2D eigenvalue weighted by Crippen LogP contribution is -2.42. The highest BCUT2D eigenvalue weighted by molar-refractivity contribution is 5.87. The summed E-state index contributed by atoms with van der Waals surface area (Å²) in [5.74, 6) is -1.06. The summed E-state index contributed by atoms with van der Waals surface area (Å²) in [6.45, 7) is 3.55. The Morgan fingerprint density at radius 1 is 1.33 bits per heavy atom. The second-order valence-electron chi connectivity index (χ2n) is 4.70. The maximum atomic E-state index is 12.1. The lowest BCUT2D eigenvalue weighted by molar-refractivity contribution is -0.141. The Morgan fingerprint density at radius 3 is 2.43 bits per heavy atom. The number of methoxy groups -OCH3 is 1. The van der Waals surface area contributed by atoms with E-state index >= 15 is 0 Å². The average molecular weight is 291 g/mol. The smallest absolute Gasteiger partial charge is 0.326 e. The van der Waals surface area contributed by atoms with Crippen LogP contribution in [0.2, 0.25) is 0 Å². The summed E-state index contributed by atoms with van der Waals surface area (Å²) in [6, 6.07) is 6.23. The van der Waals surface area contributed by atoms with Crippen molar-refractivity contribution in [3.05, 3.63) is 42.0 Å². The maximum absolute atomic E-state index is 12.1. The van der Waals surface area contributed by atoms with Crippen molar-refractivity contribution in [2.45, 2.75) is 32.2 Å². The van der Waals surface area contributed by atoms with Gasteiger partial charge in [-0.15, -0.1) is 0 Å². The third-order valence-corrected chi connectivity index (χ3v) is 3.23. The second-order valence-corrected chi connectivity index (χ2v) is 4.70. The summed E-state index contributed by atoms with van der Waals surface area (Å²) in [5, 5.41) is 11.7. The lowest BCUT2D eigenvalue weighted by Gasteiger charge is -2.17. The van der Waals surface area contributed by atoms with Crippen molar-refractivity contribution in [3.63, 3.8) is 0 Å². The van der Waals surface area contributed by atoms with Crippen LogP contribution >= 0.6 is 0 Å². The molecule has 0 saturated heterocycles. The van der Waals surface area contributed by atoms with E-state index in [9.17, 15) is 9.59 Å². The largest absolute Gasteiger partial charge is 0.497 e. The number of rotatable bonds is 7. The summed E-state index contributed by atoms with van der Waals surface area (Å²) in [5.41, 5.74) is 0.809. The van der Waals surface area contributed by atoms with Crippen molar-refractivity contribution in [3.8, 4) is 5.75 Å². The van der Waals surface area contributed by atoms with E-state index in [0.29, 0.717) is 5.75 Å². The minimum atomic E-state index is -1.04. The summed E-state index contributed by atoms with van der Waals surface area (Å²) in [6.07, 6.45) is 3.75. The zero-order valence-electron chi connectivity index (χ0n) is 12.5. The standard InChI is InChI=1S/C16H21NO4/c1-4-5-6-14(16(19)20)17-15(18)11(2)12-7-9-13(21-3)10-8-12/h4-5,7-11,14H,6H2,1-3H3,(H,17,18)(H,19,20)/b5-4+. The lowest BCUT2D eigenvalue weighted by atomic mass is 9.99. The molecule has 0 aliphatic rings. The molecule has 114 valence electrons. The third kappa shape index (κ3) is 4.95. The molecule has 0 heterocycles. The Kier molecular flexibility index (Phi) is 6.46. The highest BCUT2D eigenvalue weighted by atomic mass is 16.5. The van der Waals surface area contributed by atoms with Crippen molar-refractivity contribution in [2.75, 3.05) is 7.11 Å². The number of amides is 1. The molecule has 1 aromatic carbocycles. The van der Waals surface area contributed by atoms with E-state index in [2.05, 4.69) is 5.32 Å². The molecule has 0 saturated carbocycles. The van der Waals surface area contributed by atoms with Crippen LogP contribution in [0.15, 0.2) is 36.4 Å². The van der Waals surface area contributed by atoms with Crippen molar-refractivity contribution < 1.29 is 19.4 Å². The molecule has 1 amide bonds. The summed E-state index contributed by atoms with van der Waals surface area (Å²) >= 11 is 0. The highest BCUT2D eigenvalue weighted by Crippen LogP contribution is 2.19. The number of carboxylic acids is 1. The number of hydrogen-bond acceptors (Lipinski definition) is 3. The van der Waals surface area contributed by atoms with E-state index in [1.807, 2.05) is 0 Å². The second kappa shape index (κ2) is 8.09. The molecular formula is C16H21NO4. The fourth-order valence-corrected chi connectivity index (χ4v) is 1.83. The van der Waals surface area contributed by atoms with Crippen LogP contribution in [0.3, 0.4) is 0 Å². The molecule has 0 aliphatic heterocycles. The van der Waals surface area contributed by atoms with Crippen molar-refractivity contribution in [1.82, 2.24) is 5.32 Å². The van der Waals surface area contributed by atoms with Gasteiger partial charge in [0.25, 0.3) is 0 Å². The average Bonchev–Trinajstić information content (AvgIpc) is 2.50. The van der Waals surface area contributed by atoms with Gasteiger partial charge < -0.3 is 15.2 Å². The van der Waals surface area contributed by atoms with Gasteiger partial charge >= 0.3 is 5.97 Å². The predicted molar refractivity (Wildman–Crippen MR) is 80.4 cm³/mol. The first-order valence-corrected chi connectivity index (χ1v) is 6.77. The number of allylic oxidation sites excluding steroid dienone is 1. The van der Waals surface area contributed by atoms with Crippen LogP contribution in [0.1, 0.15) is 31.7 Å². The SMILES string of the molecule is C/C=C/CC(NC(=O)C(C)c1ccc(OC)cc1)C(=O)O. The monoisotopic (exact) mass is 291 g/mol. The van der Waals surface area contributed by atoms with Crippen molar-refractivity contribution in [2.24, 2.45) is 0 Å². The van der Waals surface area contributed by atoms with E-state index in [4.69, 9.17) is 9.84 Å². The zero-order valence-corrected chi connectivity index (χ0v) is 12.5. The van der Waals surface area contributed by atoms with Gasteiger partial charge in [0.05, 0.1) is 13.0 Å². The van der Waals surface area contributed by atoms with Crippen LogP contribution < -0.4 is 10.1 Å². The Morgan fingerprint density at radius 2 is 1.95 bits per heavy atom. The topological polar surface area (TPSA) is 75.6 Å². The first-order chi connectivity index (χ1) is 9.99. The van der Waals surface area contributed by atoms with Crippen LogP contribution in [0.25, 0.3) is 0 Å². The first kappa shape index (κ1) is 16.8. The molecule has 5 heteroatoms. The van der Waals surface area contributed by atoms with Gasteiger partial charge in [-0.25, -0.2) is 4.79 Å². The minimum Gasteiger partial charge on any atom is -0.497 e. The summed E-state index contributed by atoms with van der Waals surface area (Å²) < 4.78 is 5.06. The first-order valence-electron chi connectivity index (χ1n) is 6.77. The predicted octanol–water partition coefficient (Wildman–Crippen LogP) is 2.33. The molecule has 0 bridgehead atoms. The molecule has 5 nitrogen and oxygen atoms in total. The van der Waals surface area contributed by atoms with Crippen molar-refractivity contribution in [1.29, 1.82) is 0 Å². The molecule has 2 N–H and O–H groups in total. The number of carbonyl (C=O) groups is 2. The Labute approximate surface area is 124 Å². The van der Waals surface area contributed by atoms with Gasteiger partial charge in [0.2, 0.25) is 5.91 Å². The summed E-state index contributed by atoms with van der Waals surface area (Å²) in [4.78, 5) is 23.3. The Balaban J connectivity index is 2.73. The molecule has 0 aliphatic carbocycles. The highest BCUT2D eigenvalue weighted by Gasteiger charge is 2.22. The zero-order chi connectivity index (χ0) is 15.8. The van der Waals surface area contributed by atoms with E-state index in [1.165, 1.54) is 0 Å². The van der Waals surface area contributed by atoms with Crippen molar-refractivity contribution >= 4 is 11.9 Å². The number of carbonyl (C=O) groups excluding carboxylic acids is 1. The Bertz CT molecular complexity index is 508. The Hall–Kier alpha value is -2.30. The molecule has 2 atom stereocenters. The van der Waals surface area contributed by atoms with Gasteiger partial charge in [0.1, 0.15) is 11.8 Å². The normalized spacial score (nSPS) is 13.7. The third-order valence-electron chi connectivity index (χ3n) is 3.23. The van der Waals surface area contributed by atoms with Gasteiger partial charge in [-0.3, -0.25) is 4.79 Å². The quantitative estimate of drug-likeness (QED) is 0.756. The summed E-state index contributed by atoms with van der Waals surface area (Å²) in [7, 11) is 1.57. The van der Waals surface area contributed by atoms with E-state index < -0.39 is 17.9 Å². The molecule has 2 unspecified atom stereocenters. The number of hydrogen-bond donors (Lipinski definition) is 2. The molecule has 21 heavy (non-hydrogen) atoms. The molecule has 0 aromatic heterocycles. The van der Waals surface area contributed by atoms with Gasteiger partial charge in [0, 0.05) is 0 Å². The molecule has 0 fully saturated rings. The molecule has 0 radical (unpaired) electrons. The molecule has 1 aromatic rings. The number of nitrogens with one attached hydrogen (secondary N) is 1. The van der Waals surface area contributed by atoms with Crippen LogP contribution in [0.5, 0.6) is 5.75 Å². The fourth-order valence-electron chi connectivity index (χ4n) is 1.83. The van der Waals surface area contributed by atoms with E-state index in [-0.39, 0.29) is 12.3 Å². The van der Waals surface area contributed by atoms with Gasteiger partial charge in [0.15, 0.2) is 0 Å². The number of carboxylic acid groups (broad SMARTS) is 1. The van der Waals surface area contributed by atoms with Crippen LogP contribution in [-0.2, 0) is 9.59 Å². The number of aliphatic carboxylic acids is 1. The molecule has 1 rings (SSSR count). The van der Waals surface area contributed by atoms with Crippen LogP contribution in [0.4, 0.5) is 0 Å². The molecular weight excluding hydrogens is 270 g/mol. The fraction of sp³-hybridized carbons (Fsp3) is 0.375. The minimum absolute atomic E-state index is 0.271. The van der Waals surface area contributed by atoms with Gasteiger partial charge in [-0.1, -0.05) is 24.3 Å². The van der Waals surface area contributed by atoms with Gasteiger partial charge in [-0.05, 0) is 38.0 Å². The maximum Gasteiger partial charge on any atom is 0.326 e. The van der Waals surface area contributed by atoms with Crippen LogP contribution in [-0.4, -0.2) is 30.1 Å². The van der Waals surface area contributed by atoms with E-state index in [1.54, 1.807) is 57.4 Å². The molecule has 0 spiro atoms. The number of benzene rings is 1. The van der Waals surface area contributed by atoms with Crippen LogP contribution in [0, 0.1) is 0 Å².